The predicted octanol–water partition coefficient (Wildman–Crippen LogP) is 2.47. The summed E-state index contributed by atoms with van der Waals surface area (Å²) in [7, 11) is 0. The second-order valence-corrected chi connectivity index (χ2v) is 5.70. The molecule has 2 fully saturated rings. The number of hydrogen-bond acceptors (Lipinski definition) is 3. The number of hydrogen-bond donors (Lipinski definition) is 1. The topological polar surface area (TPSA) is 32.5 Å². The zero-order chi connectivity index (χ0) is 13.2. The van der Waals surface area contributed by atoms with E-state index in [4.69, 9.17) is 5.73 Å². The number of likely N-dealkylation sites (tertiary alicyclic amines) is 1. The lowest BCUT2D eigenvalue weighted by Gasteiger charge is -2.32. The van der Waals surface area contributed by atoms with Gasteiger partial charge in [0.25, 0.3) is 0 Å². The minimum Gasteiger partial charge on any atom is -0.399 e. The maximum absolute atomic E-state index is 13.9. The maximum Gasteiger partial charge on any atom is 0.148 e. The van der Waals surface area contributed by atoms with Crippen LogP contribution in [0.15, 0.2) is 18.2 Å². The number of halogens is 1. The monoisotopic (exact) mass is 263 g/mol. The number of piperidine rings is 1. The zero-order valence-corrected chi connectivity index (χ0v) is 11.3. The number of nitrogen functional groups attached to an aromatic ring is 1. The summed E-state index contributed by atoms with van der Waals surface area (Å²) in [6, 6.07) is 5.61. The second-order valence-electron chi connectivity index (χ2n) is 5.70. The highest BCUT2D eigenvalue weighted by atomic mass is 19.1. The largest absolute Gasteiger partial charge is 0.399 e. The molecular formula is C15H22FN3. The van der Waals surface area contributed by atoms with E-state index in [1.807, 2.05) is 6.07 Å². The van der Waals surface area contributed by atoms with Crippen molar-refractivity contribution in [2.45, 2.75) is 31.7 Å². The van der Waals surface area contributed by atoms with E-state index in [1.165, 1.54) is 38.4 Å². The van der Waals surface area contributed by atoms with Crippen LogP contribution in [0, 0.1) is 5.82 Å². The molecule has 1 unspecified atom stereocenters. The predicted molar refractivity (Wildman–Crippen MR) is 76.9 cm³/mol. The number of benzene rings is 1. The maximum atomic E-state index is 13.9. The van der Waals surface area contributed by atoms with Crippen LogP contribution in [-0.4, -0.2) is 37.1 Å². The number of nitrogens with two attached hydrogens (primary N) is 1. The van der Waals surface area contributed by atoms with E-state index in [0.29, 0.717) is 17.4 Å². The number of rotatable bonds is 2. The summed E-state index contributed by atoms with van der Waals surface area (Å²) in [6.45, 7) is 4.31. The molecule has 2 N–H and O–H groups in total. The van der Waals surface area contributed by atoms with E-state index < -0.39 is 0 Å². The first-order chi connectivity index (χ1) is 9.24. The molecule has 19 heavy (non-hydrogen) atoms. The minimum atomic E-state index is -0.195. The number of anilines is 2. The van der Waals surface area contributed by atoms with Crippen LogP contribution in [0.1, 0.15) is 25.7 Å². The molecule has 4 heteroatoms. The van der Waals surface area contributed by atoms with Gasteiger partial charge in [0.05, 0.1) is 5.69 Å². The van der Waals surface area contributed by atoms with Gasteiger partial charge < -0.3 is 10.6 Å². The van der Waals surface area contributed by atoms with Gasteiger partial charge in [-0.25, -0.2) is 4.39 Å². The molecule has 2 heterocycles. The van der Waals surface area contributed by atoms with E-state index in [2.05, 4.69) is 9.80 Å². The van der Waals surface area contributed by atoms with Crippen LogP contribution in [0.25, 0.3) is 0 Å². The summed E-state index contributed by atoms with van der Waals surface area (Å²) < 4.78 is 13.9. The second kappa shape index (κ2) is 5.37. The van der Waals surface area contributed by atoms with Gasteiger partial charge in [0.15, 0.2) is 0 Å². The van der Waals surface area contributed by atoms with Gasteiger partial charge in [-0.05, 0) is 50.6 Å². The first-order valence-corrected chi connectivity index (χ1v) is 7.28. The van der Waals surface area contributed by atoms with Gasteiger partial charge in [-0.15, -0.1) is 0 Å². The normalized spacial score (nSPS) is 24.9. The average molecular weight is 263 g/mol. The molecule has 1 aromatic rings. The van der Waals surface area contributed by atoms with Crippen molar-refractivity contribution in [3.8, 4) is 0 Å². The Balaban J connectivity index is 1.67. The fourth-order valence-electron chi connectivity index (χ4n) is 3.32. The number of nitrogens with zero attached hydrogens (tertiary/aromatic N) is 2. The third kappa shape index (κ3) is 2.68. The third-order valence-corrected chi connectivity index (χ3v) is 4.38. The van der Waals surface area contributed by atoms with Crippen LogP contribution in [0.3, 0.4) is 0 Å². The quantitative estimate of drug-likeness (QED) is 0.832. The van der Waals surface area contributed by atoms with E-state index in [-0.39, 0.29) is 5.82 Å². The lowest BCUT2D eigenvalue weighted by atomic mass is 10.1. The van der Waals surface area contributed by atoms with Crippen LogP contribution >= 0.6 is 0 Å². The van der Waals surface area contributed by atoms with Crippen LogP contribution in [0.2, 0.25) is 0 Å². The van der Waals surface area contributed by atoms with Crippen molar-refractivity contribution in [3.63, 3.8) is 0 Å². The molecule has 2 saturated heterocycles. The fourth-order valence-corrected chi connectivity index (χ4v) is 3.32. The molecule has 0 radical (unpaired) electrons. The van der Waals surface area contributed by atoms with E-state index in [1.54, 1.807) is 6.07 Å². The van der Waals surface area contributed by atoms with Gasteiger partial charge in [0.2, 0.25) is 0 Å². The molecule has 0 amide bonds. The Bertz CT molecular complexity index is 443. The Hall–Kier alpha value is -1.29. The van der Waals surface area contributed by atoms with Gasteiger partial charge in [-0.2, -0.15) is 0 Å². The molecular weight excluding hydrogens is 241 g/mol. The third-order valence-electron chi connectivity index (χ3n) is 4.38. The molecule has 2 aliphatic heterocycles. The molecule has 0 aromatic heterocycles. The highest BCUT2D eigenvalue weighted by Gasteiger charge is 2.29. The lowest BCUT2D eigenvalue weighted by Crippen LogP contribution is -2.40. The van der Waals surface area contributed by atoms with E-state index >= 15 is 0 Å². The minimum absolute atomic E-state index is 0.195. The summed E-state index contributed by atoms with van der Waals surface area (Å²) in [5.74, 6) is -0.195. The van der Waals surface area contributed by atoms with Crippen molar-refractivity contribution in [3.05, 3.63) is 24.0 Å². The highest BCUT2D eigenvalue weighted by Crippen LogP contribution is 2.28. The molecule has 3 nitrogen and oxygen atoms in total. The van der Waals surface area contributed by atoms with Crippen LogP contribution in [0.4, 0.5) is 15.8 Å². The Kier molecular flexibility index (Phi) is 3.60. The van der Waals surface area contributed by atoms with Gasteiger partial charge in [0, 0.05) is 24.8 Å². The standard InChI is InChI=1S/C15H22FN3/c16-14-10-12(17)4-5-15(14)19-9-6-13(11-19)18-7-2-1-3-8-18/h4-5,10,13H,1-3,6-9,11,17H2. The molecule has 104 valence electrons. The lowest BCUT2D eigenvalue weighted by molar-refractivity contribution is 0.175. The van der Waals surface area contributed by atoms with Crippen molar-refractivity contribution in [2.75, 3.05) is 36.8 Å². The van der Waals surface area contributed by atoms with Crippen molar-refractivity contribution < 1.29 is 4.39 Å². The zero-order valence-electron chi connectivity index (χ0n) is 11.3. The van der Waals surface area contributed by atoms with Gasteiger partial charge in [-0.3, -0.25) is 4.90 Å². The molecule has 1 aromatic carbocycles. The van der Waals surface area contributed by atoms with Crippen molar-refractivity contribution in [1.82, 2.24) is 4.90 Å². The molecule has 3 rings (SSSR count). The average Bonchev–Trinajstić information content (AvgIpc) is 2.89. The summed E-state index contributed by atoms with van der Waals surface area (Å²) in [5, 5.41) is 0. The fraction of sp³-hybridized carbons (Fsp3) is 0.600. The SMILES string of the molecule is Nc1ccc(N2CCC(N3CCCCC3)C2)c(F)c1. The van der Waals surface area contributed by atoms with Crippen LogP contribution in [0.5, 0.6) is 0 Å². The van der Waals surface area contributed by atoms with Gasteiger partial charge in [-0.1, -0.05) is 6.42 Å². The van der Waals surface area contributed by atoms with Gasteiger partial charge >= 0.3 is 0 Å². The Morgan fingerprint density at radius 3 is 2.63 bits per heavy atom. The van der Waals surface area contributed by atoms with Crippen molar-refractivity contribution >= 4 is 11.4 Å². The van der Waals surface area contributed by atoms with Crippen molar-refractivity contribution in [1.29, 1.82) is 0 Å². The Labute approximate surface area is 114 Å². The van der Waals surface area contributed by atoms with E-state index in [9.17, 15) is 4.39 Å². The molecule has 0 saturated carbocycles. The first-order valence-electron chi connectivity index (χ1n) is 7.28. The molecule has 2 aliphatic rings. The van der Waals surface area contributed by atoms with Gasteiger partial charge in [0.1, 0.15) is 5.82 Å². The van der Waals surface area contributed by atoms with Crippen LogP contribution < -0.4 is 10.6 Å². The van der Waals surface area contributed by atoms with Crippen molar-refractivity contribution in [2.24, 2.45) is 0 Å². The summed E-state index contributed by atoms with van der Waals surface area (Å²) in [4.78, 5) is 4.74. The summed E-state index contributed by atoms with van der Waals surface area (Å²) in [6.07, 6.45) is 5.13. The van der Waals surface area contributed by atoms with E-state index in [0.717, 1.165) is 19.5 Å². The Morgan fingerprint density at radius 1 is 1.11 bits per heavy atom. The Morgan fingerprint density at radius 2 is 1.89 bits per heavy atom. The first kappa shape index (κ1) is 12.7. The summed E-state index contributed by atoms with van der Waals surface area (Å²) in [5.41, 5.74) is 6.80. The molecule has 0 aliphatic carbocycles. The van der Waals surface area contributed by atoms with Crippen LogP contribution in [-0.2, 0) is 0 Å². The molecule has 0 bridgehead atoms. The smallest absolute Gasteiger partial charge is 0.148 e. The summed E-state index contributed by atoms with van der Waals surface area (Å²) >= 11 is 0. The molecule has 0 spiro atoms. The molecule has 1 atom stereocenters. The highest BCUT2D eigenvalue weighted by molar-refractivity contribution is 5.55.